The number of hydrogen-bond donors (Lipinski definition) is 1. The second kappa shape index (κ2) is 5.65. The molecule has 0 saturated carbocycles. The summed E-state index contributed by atoms with van der Waals surface area (Å²) in [6, 6.07) is 9.53. The van der Waals surface area contributed by atoms with E-state index >= 15 is 0 Å². The van der Waals surface area contributed by atoms with E-state index in [0.29, 0.717) is 5.69 Å². The topological polar surface area (TPSA) is 68.0 Å². The summed E-state index contributed by atoms with van der Waals surface area (Å²) in [4.78, 5) is 11.3. The van der Waals surface area contributed by atoms with Gasteiger partial charge >= 0.3 is 5.97 Å². The molecule has 0 aliphatic heterocycles. The summed E-state index contributed by atoms with van der Waals surface area (Å²) in [5.41, 5.74) is 1.41. The molecule has 19 heavy (non-hydrogen) atoms. The first kappa shape index (κ1) is 13.3. The van der Waals surface area contributed by atoms with E-state index in [-0.39, 0.29) is 11.7 Å². The van der Waals surface area contributed by atoms with Gasteiger partial charge in [0.1, 0.15) is 5.69 Å². The molecule has 0 saturated heterocycles. The minimum atomic E-state index is -1.05. The minimum absolute atomic E-state index is 0.00848. The van der Waals surface area contributed by atoms with Crippen LogP contribution < -0.4 is 0 Å². The van der Waals surface area contributed by atoms with E-state index in [4.69, 9.17) is 0 Å². The lowest BCUT2D eigenvalue weighted by Crippen LogP contribution is -2.09. The Labute approximate surface area is 111 Å². The highest BCUT2D eigenvalue weighted by molar-refractivity contribution is 5.92. The summed E-state index contributed by atoms with van der Waals surface area (Å²) in [6.45, 7) is 4.12. The molecule has 1 atom stereocenters. The third-order valence-electron chi connectivity index (χ3n) is 3.07. The number of aromatic nitrogens is 3. The van der Waals surface area contributed by atoms with Crippen LogP contribution in [0.25, 0.3) is 11.3 Å². The van der Waals surface area contributed by atoms with Crippen molar-refractivity contribution in [1.29, 1.82) is 0 Å². The number of nitrogens with zero attached hydrogens (tertiary/aromatic N) is 3. The van der Waals surface area contributed by atoms with E-state index in [9.17, 15) is 9.90 Å². The van der Waals surface area contributed by atoms with Crippen molar-refractivity contribution in [3.63, 3.8) is 0 Å². The fourth-order valence-electron chi connectivity index (χ4n) is 2.15. The van der Waals surface area contributed by atoms with Crippen LogP contribution in [-0.4, -0.2) is 26.1 Å². The number of benzene rings is 1. The van der Waals surface area contributed by atoms with Gasteiger partial charge in [-0.2, -0.15) is 0 Å². The zero-order valence-electron chi connectivity index (χ0n) is 11.1. The van der Waals surface area contributed by atoms with Crippen LogP contribution in [-0.2, 0) is 0 Å². The third kappa shape index (κ3) is 2.65. The largest absolute Gasteiger partial charge is 0.476 e. The van der Waals surface area contributed by atoms with Crippen LogP contribution >= 0.6 is 0 Å². The fraction of sp³-hybridized carbons (Fsp3) is 0.357. The second-order valence-electron chi connectivity index (χ2n) is 4.54. The van der Waals surface area contributed by atoms with Gasteiger partial charge in [0.25, 0.3) is 0 Å². The molecule has 0 aliphatic rings. The maximum absolute atomic E-state index is 11.3. The molecule has 0 amide bonds. The van der Waals surface area contributed by atoms with Gasteiger partial charge in [0.15, 0.2) is 5.69 Å². The maximum atomic E-state index is 11.3. The quantitative estimate of drug-likeness (QED) is 0.896. The van der Waals surface area contributed by atoms with Crippen LogP contribution in [0.15, 0.2) is 30.3 Å². The van der Waals surface area contributed by atoms with Crippen molar-refractivity contribution in [2.75, 3.05) is 0 Å². The van der Waals surface area contributed by atoms with Gasteiger partial charge in [-0.15, -0.1) is 5.10 Å². The van der Waals surface area contributed by atoms with E-state index < -0.39 is 5.97 Å². The van der Waals surface area contributed by atoms with Crippen LogP contribution in [0.5, 0.6) is 0 Å². The van der Waals surface area contributed by atoms with Crippen molar-refractivity contribution in [3.8, 4) is 11.3 Å². The highest BCUT2D eigenvalue weighted by atomic mass is 16.4. The molecule has 0 radical (unpaired) electrons. The van der Waals surface area contributed by atoms with Crippen molar-refractivity contribution < 1.29 is 9.90 Å². The van der Waals surface area contributed by atoms with Gasteiger partial charge in [-0.3, -0.25) is 0 Å². The second-order valence-corrected chi connectivity index (χ2v) is 4.54. The number of rotatable bonds is 5. The van der Waals surface area contributed by atoms with Crippen LogP contribution in [0.4, 0.5) is 0 Å². The average molecular weight is 259 g/mol. The summed E-state index contributed by atoms with van der Waals surface area (Å²) in [6.07, 6.45) is 1.94. The van der Waals surface area contributed by atoms with Gasteiger partial charge in [-0.25, -0.2) is 9.48 Å². The minimum Gasteiger partial charge on any atom is -0.476 e. The molecule has 1 aromatic heterocycles. The Balaban J connectivity index is 2.54. The summed E-state index contributed by atoms with van der Waals surface area (Å²) < 4.78 is 1.71. The van der Waals surface area contributed by atoms with Crippen molar-refractivity contribution >= 4 is 5.97 Å². The monoisotopic (exact) mass is 259 g/mol. The lowest BCUT2D eigenvalue weighted by atomic mass is 10.1. The molecule has 100 valence electrons. The van der Waals surface area contributed by atoms with Crippen LogP contribution in [0.1, 0.15) is 43.2 Å². The van der Waals surface area contributed by atoms with E-state index in [2.05, 4.69) is 17.2 Å². The van der Waals surface area contributed by atoms with Gasteiger partial charge in [0.2, 0.25) is 0 Å². The summed E-state index contributed by atoms with van der Waals surface area (Å²) in [5, 5.41) is 17.1. The number of aromatic carboxylic acids is 1. The molecule has 1 unspecified atom stereocenters. The Morgan fingerprint density at radius 1 is 1.37 bits per heavy atom. The first-order valence-corrected chi connectivity index (χ1v) is 6.39. The molecule has 0 bridgehead atoms. The predicted molar refractivity (Wildman–Crippen MR) is 72.0 cm³/mol. The Bertz CT molecular complexity index is 563. The molecule has 0 spiro atoms. The molecule has 1 heterocycles. The smallest absolute Gasteiger partial charge is 0.358 e. The fourth-order valence-corrected chi connectivity index (χ4v) is 2.15. The molecule has 0 fully saturated rings. The molecule has 2 rings (SSSR count). The van der Waals surface area contributed by atoms with Crippen molar-refractivity contribution in [1.82, 2.24) is 15.0 Å². The van der Waals surface area contributed by atoms with Gasteiger partial charge in [-0.05, 0) is 13.3 Å². The molecule has 1 N–H and O–H groups in total. The zero-order chi connectivity index (χ0) is 13.8. The molecular weight excluding hydrogens is 242 g/mol. The van der Waals surface area contributed by atoms with Crippen LogP contribution in [0, 0.1) is 0 Å². The van der Waals surface area contributed by atoms with Crippen LogP contribution in [0.2, 0.25) is 0 Å². The summed E-state index contributed by atoms with van der Waals surface area (Å²) in [5.74, 6) is -1.05. The first-order chi connectivity index (χ1) is 9.15. The first-order valence-electron chi connectivity index (χ1n) is 6.39. The molecule has 5 heteroatoms. The standard InChI is InChI=1S/C14H17N3O2/c1-3-7-10(2)17-13(11-8-5-4-6-9-11)12(14(18)19)15-16-17/h4-6,8-10H,3,7H2,1-2H3,(H,18,19). The van der Waals surface area contributed by atoms with Gasteiger partial charge in [0, 0.05) is 5.56 Å². The lowest BCUT2D eigenvalue weighted by Gasteiger charge is -2.14. The van der Waals surface area contributed by atoms with Crippen molar-refractivity contribution in [2.45, 2.75) is 32.7 Å². The molecule has 1 aromatic carbocycles. The Hall–Kier alpha value is -2.17. The molecule has 0 aliphatic carbocycles. The molecular formula is C14H17N3O2. The Kier molecular flexibility index (Phi) is 3.94. The van der Waals surface area contributed by atoms with E-state index in [1.165, 1.54) is 0 Å². The van der Waals surface area contributed by atoms with E-state index in [0.717, 1.165) is 18.4 Å². The highest BCUT2D eigenvalue weighted by Crippen LogP contribution is 2.26. The SMILES string of the molecule is CCCC(C)n1nnc(C(=O)O)c1-c1ccccc1. The number of carbonyl (C=O) groups is 1. The maximum Gasteiger partial charge on any atom is 0.358 e. The average Bonchev–Trinajstić information content (AvgIpc) is 2.85. The lowest BCUT2D eigenvalue weighted by molar-refractivity contribution is 0.0691. The summed E-state index contributed by atoms with van der Waals surface area (Å²) in [7, 11) is 0. The normalized spacial score (nSPS) is 12.3. The number of carboxylic acids is 1. The van der Waals surface area contributed by atoms with Gasteiger partial charge in [0.05, 0.1) is 6.04 Å². The summed E-state index contributed by atoms with van der Waals surface area (Å²) >= 11 is 0. The van der Waals surface area contributed by atoms with Crippen LogP contribution in [0.3, 0.4) is 0 Å². The third-order valence-corrected chi connectivity index (χ3v) is 3.07. The number of hydrogen-bond acceptors (Lipinski definition) is 3. The van der Waals surface area contributed by atoms with E-state index in [1.807, 2.05) is 37.3 Å². The zero-order valence-corrected chi connectivity index (χ0v) is 11.1. The van der Waals surface area contributed by atoms with Gasteiger partial charge < -0.3 is 5.11 Å². The predicted octanol–water partition coefficient (Wildman–Crippen LogP) is 3.00. The Morgan fingerprint density at radius 3 is 2.63 bits per heavy atom. The Morgan fingerprint density at radius 2 is 2.05 bits per heavy atom. The van der Waals surface area contributed by atoms with Crippen molar-refractivity contribution in [2.24, 2.45) is 0 Å². The highest BCUT2D eigenvalue weighted by Gasteiger charge is 2.22. The molecule has 2 aromatic rings. The number of carboxylic acid groups (broad SMARTS) is 1. The molecule has 5 nitrogen and oxygen atoms in total. The van der Waals surface area contributed by atoms with Gasteiger partial charge in [-0.1, -0.05) is 48.9 Å². The van der Waals surface area contributed by atoms with Crippen molar-refractivity contribution in [3.05, 3.63) is 36.0 Å². The van der Waals surface area contributed by atoms with E-state index in [1.54, 1.807) is 4.68 Å².